The Morgan fingerprint density at radius 1 is 1.41 bits per heavy atom. The molecule has 0 radical (unpaired) electrons. The van der Waals surface area contributed by atoms with Crippen LogP contribution in [-0.4, -0.2) is 21.4 Å². The Morgan fingerprint density at radius 3 is 3.18 bits per heavy atom. The first-order valence-corrected chi connectivity index (χ1v) is 5.87. The van der Waals surface area contributed by atoms with Gasteiger partial charge in [-0.15, -0.1) is 0 Å². The third-order valence-corrected chi connectivity index (χ3v) is 3.12. The molecule has 0 bridgehead atoms. The first-order valence-electron chi connectivity index (χ1n) is 5.87. The van der Waals surface area contributed by atoms with E-state index in [0.717, 1.165) is 37.6 Å². The fourth-order valence-electron chi connectivity index (χ4n) is 2.25. The van der Waals surface area contributed by atoms with Crippen LogP contribution in [0.2, 0.25) is 0 Å². The van der Waals surface area contributed by atoms with Gasteiger partial charge in [0.2, 0.25) is 0 Å². The Bertz CT molecular complexity index is 521. The summed E-state index contributed by atoms with van der Waals surface area (Å²) in [6, 6.07) is 4.06. The molecule has 2 aromatic rings. The molecule has 1 aliphatic heterocycles. The van der Waals surface area contributed by atoms with Crippen LogP contribution in [0, 0.1) is 6.92 Å². The zero-order valence-electron chi connectivity index (χ0n) is 9.89. The molecule has 0 amide bonds. The van der Waals surface area contributed by atoms with Crippen molar-refractivity contribution in [3.8, 4) is 0 Å². The van der Waals surface area contributed by atoms with Crippen LogP contribution in [0.15, 0.2) is 29.1 Å². The molecule has 0 saturated heterocycles. The van der Waals surface area contributed by atoms with Crippen LogP contribution in [0.1, 0.15) is 22.8 Å². The summed E-state index contributed by atoms with van der Waals surface area (Å²) in [6.07, 6.45) is 4.55. The molecule has 3 rings (SSSR count). The number of hydrogen-bond acceptors (Lipinski definition) is 4. The van der Waals surface area contributed by atoms with Crippen LogP contribution >= 0.6 is 0 Å². The summed E-state index contributed by atoms with van der Waals surface area (Å²) >= 11 is 0. The van der Waals surface area contributed by atoms with Crippen molar-refractivity contribution in [2.24, 2.45) is 0 Å². The summed E-state index contributed by atoms with van der Waals surface area (Å²) in [6.45, 7) is 4.78. The smallest absolute Gasteiger partial charge is 0.118 e. The highest BCUT2D eigenvalue weighted by molar-refractivity contribution is 5.19. The van der Waals surface area contributed by atoms with Crippen molar-refractivity contribution < 1.29 is 4.42 Å². The second-order valence-electron chi connectivity index (χ2n) is 4.47. The summed E-state index contributed by atoms with van der Waals surface area (Å²) in [5.41, 5.74) is 2.42. The van der Waals surface area contributed by atoms with E-state index in [-0.39, 0.29) is 0 Å². The van der Waals surface area contributed by atoms with Gasteiger partial charge in [0.1, 0.15) is 17.8 Å². The predicted molar refractivity (Wildman–Crippen MR) is 63.3 cm³/mol. The average Bonchev–Trinajstić information content (AvgIpc) is 2.75. The lowest BCUT2D eigenvalue weighted by Gasteiger charge is -2.26. The molecule has 0 aliphatic carbocycles. The third kappa shape index (κ3) is 2.22. The molecule has 0 N–H and O–H groups in total. The van der Waals surface area contributed by atoms with E-state index in [0.29, 0.717) is 0 Å². The van der Waals surface area contributed by atoms with Gasteiger partial charge in [-0.1, -0.05) is 0 Å². The molecule has 0 fully saturated rings. The summed E-state index contributed by atoms with van der Waals surface area (Å²) in [5.74, 6) is 2.00. The fourth-order valence-corrected chi connectivity index (χ4v) is 2.25. The predicted octanol–water partition coefficient (Wildman–Crippen LogP) is 1.94. The van der Waals surface area contributed by atoms with E-state index in [9.17, 15) is 0 Å². The maximum atomic E-state index is 5.60. The average molecular weight is 229 g/mol. The second-order valence-corrected chi connectivity index (χ2v) is 4.47. The monoisotopic (exact) mass is 229 g/mol. The van der Waals surface area contributed by atoms with Crippen LogP contribution in [0.5, 0.6) is 0 Å². The summed E-state index contributed by atoms with van der Waals surface area (Å²) in [5, 5.41) is 0. The normalized spacial score (nSPS) is 15.8. The number of aromatic nitrogens is 2. The van der Waals surface area contributed by atoms with E-state index >= 15 is 0 Å². The van der Waals surface area contributed by atoms with Gasteiger partial charge in [0.25, 0.3) is 0 Å². The molecule has 3 heterocycles. The second kappa shape index (κ2) is 4.30. The minimum Gasteiger partial charge on any atom is -0.465 e. The zero-order valence-corrected chi connectivity index (χ0v) is 9.89. The van der Waals surface area contributed by atoms with E-state index in [1.54, 1.807) is 6.33 Å². The number of fused-ring (bicyclic) bond motifs is 1. The van der Waals surface area contributed by atoms with Crippen molar-refractivity contribution in [2.45, 2.75) is 26.4 Å². The summed E-state index contributed by atoms with van der Waals surface area (Å²) in [4.78, 5) is 10.8. The summed E-state index contributed by atoms with van der Waals surface area (Å²) in [7, 11) is 0. The highest BCUT2D eigenvalue weighted by Crippen LogP contribution is 2.18. The van der Waals surface area contributed by atoms with E-state index in [2.05, 4.69) is 14.9 Å². The molecule has 17 heavy (non-hydrogen) atoms. The Balaban J connectivity index is 1.72. The number of furan rings is 1. The van der Waals surface area contributed by atoms with Crippen LogP contribution < -0.4 is 0 Å². The van der Waals surface area contributed by atoms with Crippen LogP contribution in [0.4, 0.5) is 0 Å². The Labute approximate surface area is 100 Å². The van der Waals surface area contributed by atoms with Crippen LogP contribution in [0.3, 0.4) is 0 Å². The molecule has 2 aromatic heterocycles. The molecule has 0 atom stereocenters. The van der Waals surface area contributed by atoms with Crippen molar-refractivity contribution in [1.29, 1.82) is 0 Å². The maximum absolute atomic E-state index is 5.60. The van der Waals surface area contributed by atoms with Crippen molar-refractivity contribution in [1.82, 2.24) is 14.9 Å². The fraction of sp³-hybridized carbons (Fsp3) is 0.385. The molecule has 0 saturated carbocycles. The van der Waals surface area contributed by atoms with Gasteiger partial charge in [-0.05, 0) is 19.1 Å². The van der Waals surface area contributed by atoms with Crippen molar-refractivity contribution in [3.63, 3.8) is 0 Å². The molecular weight excluding hydrogens is 214 g/mol. The molecular formula is C13H15N3O. The van der Waals surface area contributed by atoms with Crippen LogP contribution in [-0.2, 0) is 19.5 Å². The molecule has 0 spiro atoms. The highest BCUT2D eigenvalue weighted by atomic mass is 16.3. The maximum Gasteiger partial charge on any atom is 0.118 e. The van der Waals surface area contributed by atoms with Gasteiger partial charge in [0.05, 0.1) is 6.54 Å². The minimum atomic E-state index is 0.863. The van der Waals surface area contributed by atoms with Gasteiger partial charge in [0.15, 0.2) is 0 Å². The van der Waals surface area contributed by atoms with Gasteiger partial charge in [-0.25, -0.2) is 9.97 Å². The van der Waals surface area contributed by atoms with Gasteiger partial charge in [-0.2, -0.15) is 0 Å². The molecule has 88 valence electrons. The van der Waals surface area contributed by atoms with E-state index < -0.39 is 0 Å². The first-order chi connectivity index (χ1) is 8.31. The Kier molecular flexibility index (Phi) is 2.65. The zero-order chi connectivity index (χ0) is 11.7. The largest absolute Gasteiger partial charge is 0.465 e. The van der Waals surface area contributed by atoms with Crippen LogP contribution in [0.25, 0.3) is 0 Å². The topological polar surface area (TPSA) is 42.2 Å². The highest BCUT2D eigenvalue weighted by Gasteiger charge is 2.18. The lowest BCUT2D eigenvalue weighted by Crippen LogP contribution is -2.30. The molecule has 0 aromatic carbocycles. The Hall–Kier alpha value is -1.68. The number of nitrogens with zero attached hydrogens (tertiary/aromatic N) is 3. The lowest BCUT2D eigenvalue weighted by atomic mass is 10.1. The van der Waals surface area contributed by atoms with E-state index in [1.807, 2.05) is 25.3 Å². The van der Waals surface area contributed by atoms with E-state index in [4.69, 9.17) is 4.42 Å². The van der Waals surface area contributed by atoms with Crippen molar-refractivity contribution >= 4 is 0 Å². The van der Waals surface area contributed by atoms with Gasteiger partial charge in [-0.3, -0.25) is 4.90 Å². The molecule has 4 nitrogen and oxygen atoms in total. The molecule has 1 aliphatic rings. The number of hydrogen-bond donors (Lipinski definition) is 0. The molecule has 4 heteroatoms. The van der Waals surface area contributed by atoms with Gasteiger partial charge in [0, 0.05) is 37.0 Å². The first kappa shape index (κ1) is 10.5. The number of aryl methyl sites for hydroxylation is 1. The van der Waals surface area contributed by atoms with Gasteiger partial charge >= 0.3 is 0 Å². The summed E-state index contributed by atoms with van der Waals surface area (Å²) < 4.78 is 5.60. The number of rotatable bonds is 2. The standard InChI is InChI=1S/C13H15N3O/c1-10-2-3-12(17-10)8-16-5-4-13-11(7-16)6-14-9-15-13/h2-3,6,9H,4-5,7-8H2,1H3. The SMILES string of the molecule is Cc1ccc(CN2CCc3ncncc3C2)o1. The van der Waals surface area contributed by atoms with Crippen molar-refractivity contribution in [3.05, 3.63) is 47.4 Å². The molecule has 0 unspecified atom stereocenters. The van der Waals surface area contributed by atoms with Crippen molar-refractivity contribution in [2.75, 3.05) is 6.54 Å². The van der Waals surface area contributed by atoms with E-state index in [1.165, 1.54) is 11.3 Å². The van der Waals surface area contributed by atoms with Gasteiger partial charge < -0.3 is 4.42 Å². The quantitative estimate of drug-likeness (QED) is 0.789. The lowest BCUT2D eigenvalue weighted by molar-refractivity contribution is 0.222. The third-order valence-electron chi connectivity index (χ3n) is 3.12. The Morgan fingerprint density at radius 2 is 2.35 bits per heavy atom. The minimum absolute atomic E-state index is 0.863.